The molecular weight excluding hydrogens is 503 g/mol. The van der Waals surface area contributed by atoms with Gasteiger partial charge in [0.2, 0.25) is 0 Å². The molecule has 0 radical (unpaired) electrons. The van der Waals surface area contributed by atoms with Crippen LogP contribution in [0.3, 0.4) is 0 Å². The number of pyridine rings is 1. The van der Waals surface area contributed by atoms with E-state index in [9.17, 15) is 14.0 Å². The van der Waals surface area contributed by atoms with Gasteiger partial charge in [-0.3, -0.25) is 14.3 Å². The van der Waals surface area contributed by atoms with Gasteiger partial charge in [-0.05, 0) is 42.5 Å². The van der Waals surface area contributed by atoms with Gasteiger partial charge in [0, 0.05) is 38.5 Å². The van der Waals surface area contributed by atoms with Gasteiger partial charge in [-0.2, -0.15) is 0 Å². The number of halogens is 2. The van der Waals surface area contributed by atoms with Crippen molar-refractivity contribution in [3.63, 3.8) is 0 Å². The Bertz CT molecular complexity index is 1910. The van der Waals surface area contributed by atoms with Gasteiger partial charge in [-0.1, -0.05) is 54.1 Å². The van der Waals surface area contributed by atoms with Crippen molar-refractivity contribution in [3.05, 3.63) is 119 Å². The normalized spacial score (nSPS) is 14.7. The summed E-state index contributed by atoms with van der Waals surface area (Å²) in [4.78, 5) is 31.6. The van der Waals surface area contributed by atoms with E-state index < -0.39 is 17.9 Å². The molecule has 0 saturated heterocycles. The number of para-hydroxylation sites is 2. The van der Waals surface area contributed by atoms with Crippen molar-refractivity contribution in [2.75, 3.05) is 5.32 Å². The van der Waals surface area contributed by atoms with E-state index in [1.807, 2.05) is 48.5 Å². The van der Waals surface area contributed by atoms with Crippen LogP contribution in [0.25, 0.3) is 32.7 Å². The number of carbonyl (C=O) groups is 2. The van der Waals surface area contributed by atoms with Crippen LogP contribution in [0, 0.1) is 5.82 Å². The Morgan fingerprint density at radius 3 is 2.34 bits per heavy atom. The van der Waals surface area contributed by atoms with Gasteiger partial charge in [0.15, 0.2) is 0 Å². The number of amides is 2. The van der Waals surface area contributed by atoms with Gasteiger partial charge in [0.25, 0.3) is 5.91 Å². The first-order valence-corrected chi connectivity index (χ1v) is 12.4. The van der Waals surface area contributed by atoms with Gasteiger partial charge in [-0.25, -0.2) is 9.18 Å². The molecule has 184 valence electrons. The van der Waals surface area contributed by atoms with Crippen LogP contribution in [0.15, 0.2) is 91.1 Å². The van der Waals surface area contributed by atoms with E-state index in [4.69, 9.17) is 11.6 Å². The summed E-state index contributed by atoms with van der Waals surface area (Å²) < 4.78 is 15.9. The number of aromatic nitrogens is 2. The number of carbonyl (C=O) groups excluding carboxylic acids is 2. The minimum Gasteiger partial charge on any atom is -0.341 e. The molecule has 1 aliphatic rings. The van der Waals surface area contributed by atoms with Crippen LogP contribution in [0.2, 0.25) is 5.02 Å². The number of rotatable bonds is 2. The summed E-state index contributed by atoms with van der Waals surface area (Å²) in [6.45, 7) is 0. The Labute approximate surface area is 220 Å². The molecule has 2 aromatic heterocycles. The molecule has 0 saturated carbocycles. The molecule has 2 N–H and O–H groups in total. The van der Waals surface area contributed by atoms with Crippen LogP contribution in [-0.2, 0) is 0 Å². The molecule has 1 atom stereocenters. The minimum absolute atomic E-state index is 0.301. The number of benzene rings is 4. The van der Waals surface area contributed by atoms with Crippen molar-refractivity contribution in [2.45, 2.75) is 6.04 Å². The third-order valence-corrected chi connectivity index (χ3v) is 7.38. The largest absolute Gasteiger partial charge is 0.341 e. The second-order valence-corrected chi connectivity index (χ2v) is 9.56. The van der Waals surface area contributed by atoms with Gasteiger partial charge in [0.1, 0.15) is 5.82 Å². The van der Waals surface area contributed by atoms with E-state index in [1.165, 1.54) is 18.2 Å². The van der Waals surface area contributed by atoms with E-state index in [0.717, 1.165) is 21.8 Å². The number of anilines is 1. The number of nitrogens with one attached hydrogen (secondary N) is 2. The Morgan fingerprint density at radius 2 is 1.61 bits per heavy atom. The van der Waals surface area contributed by atoms with E-state index in [0.29, 0.717) is 38.3 Å². The van der Waals surface area contributed by atoms with Crippen molar-refractivity contribution in [1.82, 2.24) is 14.9 Å². The zero-order chi connectivity index (χ0) is 26.0. The lowest BCUT2D eigenvalue weighted by atomic mass is 9.93. The third-order valence-electron chi connectivity index (χ3n) is 7.03. The third kappa shape index (κ3) is 3.29. The predicted octanol–water partition coefficient (Wildman–Crippen LogP) is 7.05. The zero-order valence-corrected chi connectivity index (χ0v) is 20.5. The van der Waals surface area contributed by atoms with Crippen molar-refractivity contribution in [2.24, 2.45) is 0 Å². The fraction of sp³-hybridized carbons (Fsp3) is 0.0333. The molecule has 4 aromatic carbocycles. The van der Waals surface area contributed by atoms with Crippen LogP contribution in [0.1, 0.15) is 27.5 Å². The van der Waals surface area contributed by atoms with E-state index in [-0.39, 0.29) is 5.91 Å². The molecule has 1 aliphatic heterocycles. The zero-order valence-electron chi connectivity index (χ0n) is 19.7. The van der Waals surface area contributed by atoms with E-state index in [1.54, 1.807) is 29.0 Å². The van der Waals surface area contributed by atoms with Crippen molar-refractivity contribution in [3.8, 4) is 0 Å². The maximum atomic E-state index is 14.3. The summed E-state index contributed by atoms with van der Waals surface area (Å²) >= 11 is 6.46. The molecular formula is C30H18ClFN4O2. The highest BCUT2D eigenvalue weighted by atomic mass is 35.5. The summed E-state index contributed by atoms with van der Waals surface area (Å²) in [6.07, 6.45) is 1.63. The topological polar surface area (TPSA) is 76.0 Å². The SMILES string of the molecule is O=C1NC(c2cc(F)ccc2Cl)c2c(NC(=O)n3c4ccccc4c4ccccc43)cc3ncccc3c21. The first-order valence-electron chi connectivity index (χ1n) is 12.0. The summed E-state index contributed by atoms with van der Waals surface area (Å²) in [6, 6.07) is 23.5. The van der Waals surface area contributed by atoms with Crippen LogP contribution >= 0.6 is 11.6 Å². The minimum atomic E-state index is -0.765. The lowest BCUT2D eigenvalue weighted by molar-refractivity contribution is 0.0962. The lowest BCUT2D eigenvalue weighted by Crippen LogP contribution is -2.22. The summed E-state index contributed by atoms with van der Waals surface area (Å²) in [5.41, 5.74) is 3.72. The Hall–Kier alpha value is -4.75. The molecule has 2 amide bonds. The predicted molar refractivity (Wildman–Crippen MR) is 146 cm³/mol. The van der Waals surface area contributed by atoms with Gasteiger partial charge < -0.3 is 10.6 Å². The first-order chi connectivity index (χ1) is 18.5. The molecule has 6 nitrogen and oxygen atoms in total. The molecule has 0 aliphatic carbocycles. The molecule has 7 rings (SSSR count). The Balaban J connectivity index is 1.45. The van der Waals surface area contributed by atoms with Crippen molar-refractivity contribution < 1.29 is 14.0 Å². The highest BCUT2D eigenvalue weighted by Crippen LogP contribution is 2.42. The maximum absolute atomic E-state index is 14.3. The Kier molecular flexibility index (Phi) is 4.96. The average Bonchev–Trinajstić information content (AvgIpc) is 3.46. The quantitative estimate of drug-likeness (QED) is 0.257. The summed E-state index contributed by atoms with van der Waals surface area (Å²) in [7, 11) is 0. The number of hydrogen-bond acceptors (Lipinski definition) is 3. The summed E-state index contributed by atoms with van der Waals surface area (Å²) in [5.74, 6) is -0.832. The van der Waals surface area contributed by atoms with Gasteiger partial charge in [-0.15, -0.1) is 0 Å². The van der Waals surface area contributed by atoms with Crippen LogP contribution in [-0.4, -0.2) is 21.5 Å². The molecule has 0 fully saturated rings. The number of hydrogen-bond donors (Lipinski definition) is 2. The highest BCUT2D eigenvalue weighted by Gasteiger charge is 2.36. The standard InChI is InChI=1S/C30H18ClFN4O2/c31-21-12-11-16(32)14-20(21)28-27-23(15-22-19(8-5-13-33-22)26(27)29(37)35-28)34-30(38)36-24-9-3-1-6-17(24)18-7-2-4-10-25(18)36/h1-15,28H,(H,34,38)(H,35,37). The van der Waals surface area contributed by atoms with Gasteiger partial charge in [0.05, 0.1) is 33.8 Å². The van der Waals surface area contributed by atoms with Crippen LogP contribution in [0.5, 0.6) is 0 Å². The average molecular weight is 521 g/mol. The second kappa shape index (κ2) is 8.39. The molecule has 38 heavy (non-hydrogen) atoms. The monoisotopic (exact) mass is 520 g/mol. The van der Waals surface area contributed by atoms with E-state index in [2.05, 4.69) is 15.6 Å². The number of fused-ring (bicyclic) bond motifs is 6. The van der Waals surface area contributed by atoms with Crippen LogP contribution < -0.4 is 10.6 Å². The van der Waals surface area contributed by atoms with Crippen LogP contribution in [0.4, 0.5) is 14.9 Å². The fourth-order valence-corrected chi connectivity index (χ4v) is 5.67. The summed E-state index contributed by atoms with van der Waals surface area (Å²) in [5, 5.41) is 8.79. The van der Waals surface area contributed by atoms with Gasteiger partial charge >= 0.3 is 6.03 Å². The fourth-order valence-electron chi connectivity index (χ4n) is 5.44. The maximum Gasteiger partial charge on any atom is 0.330 e. The lowest BCUT2D eigenvalue weighted by Gasteiger charge is -2.19. The molecule has 6 aromatic rings. The smallest absolute Gasteiger partial charge is 0.330 e. The first kappa shape index (κ1) is 22.4. The molecule has 3 heterocycles. The highest BCUT2D eigenvalue weighted by molar-refractivity contribution is 6.31. The second-order valence-electron chi connectivity index (χ2n) is 9.16. The molecule has 0 spiro atoms. The Morgan fingerprint density at radius 1 is 0.921 bits per heavy atom. The molecule has 0 bridgehead atoms. The molecule has 8 heteroatoms. The molecule has 1 unspecified atom stereocenters. The number of nitrogens with zero attached hydrogens (tertiary/aromatic N) is 2. The van der Waals surface area contributed by atoms with E-state index >= 15 is 0 Å². The van der Waals surface area contributed by atoms with Crippen molar-refractivity contribution in [1.29, 1.82) is 0 Å². The van der Waals surface area contributed by atoms with Crippen molar-refractivity contribution >= 4 is 61.9 Å².